The summed E-state index contributed by atoms with van der Waals surface area (Å²) >= 11 is 0. The molecule has 1 aliphatic rings. The summed E-state index contributed by atoms with van der Waals surface area (Å²) in [5.74, 6) is 0.0779. The van der Waals surface area contributed by atoms with Gasteiger partial charge in [-0.1, -0.05) is 0 Å². The predicted molar refractivity (Wildman–Crippen MR) is 39.0 cm³/mol. The lowest BCUT2D eigenvalue weighted by Gasteiger charge is -2.19. The Labute approximate surface area is 65.9 Å². The number of rotatable bonds is 3. The molecule has 1 rings (SSSR count). The summed E-state index contributed by atoms with van der Waals surface area (Å²) in [6.07, 6.45) is 1.07. The van der Waals surface area contributed by atoms with Crippen LogP contribution in [0.4, 0.5) is 0 Å². The molecule has 4 heteroatoms. The first kappa shape index (κ1) is 8.49. The first-order chi connectivity index (χ1) is 5.27. The molecule has 1 aliphatic heterocycles. The molecule has 11 heavy (non-hydrogen) atoms. The van der Waals surface area contributed by atoms with Gasteiger partial charge in [-0.25, -0.2) is 0 Å². The highest BCUT2D eigenvalue weighted by Crippen LogP contribution is 2.12. The van der Waals surface area contributed by atoms with Gasteiger partial charge in [-0.15, -0.1) is 0 Å². The molecule has 0 saturated carbocycles. The van der Waals surface area contributed by atoms with E-state index >= 15 is 0 Å². The quantitative estimate of drug-likeness (QED) is 0.584. The van der Waals surface area contributed by atoms with E-state index in [1.807, 2.05) is 0 Å². The number of nitrogens with one attached hydrogen (secondary N) is 1. The summed E-state index contributed by atoms with van der Waals surface area (Å²) in [7, 11) is 3.14. The summed E-state index contributed by atoms with van der Waals surface area (Å²) in [5.41, 5.74) is 0. The van der Waals surface area contributed by atoms with Gasteiger partial charge >= 0.3 is 0 Å². The molecule has 0 aliphatic carbocycles. The van der Waals surface area contributed by atoms with Gasteiger partial charge in [0.15, 0.2) is 6.29 Å². The Morgan fingerprint density at radius 3 is 2.55 bits per heavy atom. The van der Waals surface area contributed by atoms with Crippen LogP contribution in [-0.4, -0.2) is 32.5 Å². The Balaban J connectivity index is 2.40. The van der Waals surface area contributed by atoms with Crippen molar-refractivity contribution < 1.29 is 14.3 Å². The van der Waals surface area contributed by atoms with E-state index in [0.717, 1.165) is 6.42 Å². The molecule has 0 aromatic carbocycles. The zero-order valence-electron chi connectivity index (χ0n) is 6.79. The molecule has 64 valence electrons. The van der Waals surface area contributed by atoms with E-state index < -0.39 is 0 Å². The summed E-state index contributed by atoms with van der Waals surface area (Å²) < 4.78 is 9.99. The maximum absolute atomic E-state index is 10.8. The van der Waals surface area contributed by atoms with Gasteiger partial charge in [0.2, 0.25) is 5.91 Å². The molecule has 1 saturated heterocycles. The number of carbonyl (C=O) groups excluding carboxylic acids is 1. The van der Waals surface area contributed by atoms with Crippen molar-refractivity contribution in [3.05, 3.63) is 0 Å². The first-order valence-corrected chi connectivity index (χ1v) is 3.63. The zero-order valence-corrected chi connectivity index (χ0v) is 6.79. The fraction of sp³-hybridized carbons (Fsp3) is 0.857. The molecule has 1 heterocycles. The van der Waals surface area contributed by atoms with Crippen LogP contribution in [0.5, 0.6) is 0 Å². The average Bonchev–Trinajstić information content (AvgIpc) is 2.39. The van der Waals surface area contributed by atoms with Crippen molar-refractivity contribution in [3.8, 4) is 0 Å². The third kappa shape index (κ3) is 1.91. The molecule has 4 nitrogen and oxygen atoms in total. The molecule has 0 bridgehead atoms. The average molecular weight is 159 g/mol. The second kappa shape index (κ2) is 3.69. The van der Waals surface area contributed by atoms with E-state index in [4.69, 9.17) is 9.47 Å². The first-order valence-electron chi connectivity index (χ1n) is 3.63. The van der Waals surface area contributed by atoms with Crippen molar-refractivity contribution in [1.29, 1.82) is 0 Å². The Morgan fingerprint density at radius 1 is 1.55 bits per heavy atom. The van der Waals surface area contributed by atoms with Crippen LogP contribution in [0.1, 0.15) is 12.8 Å². The molecule has 1 atom stereocenters. The summed E-state index contributed by atoms with van der Waals surface area (Å²) in [4.78, 5) is 10.8. The molecule has 1 unspecified atom stereocenters. The van der Waals surface area contributed by atoms with Crippen LogP contribution in [0.3, 0.4) is 0 Å². The maximum atomic E-state index is 10.8. The normalized spacial score (nSPS) is 24.3. The van der Waals surface area contributed by atoms with Gasteiger partial charge in [-0.3, -0.25) is 4.79 Å². The molecular formula is C7H13NO3. The maximum Gasteiger partial charge on any atom is 0.220 e. The number of ether oxygens (including phenoxy) is 2. The molecule has 0 aromatic rings. The predicted octanol–water partition coefficient (Wildman–Crippen LogP) is -0.116. The Hall–Kier alpha value is -0.610. The largest absolute Gasteiger partial charge is 0.354 e. The van der Waals surface area contributed by atoms with Crippen LogP contribution in [-0.2, 0) is 14.3 Å². The minimum atomic E-state index is -0.304. The Bertz CT molecular complexity index is 145. The lowest BCUT2D eigenvalue weighted by atomic mass is 10.2. The number of amides is 1. The third-order valence-electron chi connectivity index (χ3n) is 1.82. The fourth-order valence-corrected chi connectivity index (χ4v) is 1.27. The summed E-state index contributed by atoms with van der Waals surface area (Å²) in [5, 5.41) is 2.77. The molecule has 1 N–H and O–H groups in total. The van der Waals surface area contributed by atoms with Crippen LogP contribution in [0.25, 0.3) is 0 Å². The lowest BCUT2D eigenvalue weighted by molar-refractivity contribution is -0.129. The third-order valence-corrected chi connectivity index (χ3v) is 1.82. The Morgan fingerprint density at radius 2 is 2.18 bits per heavy atom. The second-order valence-electron chi connectivity index (χ2n) is 2.55. The van der Waals surface area contributed by atoms with E-state index in [1.165, 1.54) is 0 Å². The fourth-order valence-electron chi connectivity index (χ4n) is 1.27. The van der Waals surface area contributed by atoms with Crippen LogP contribution in [0.15, 0.2) is 0 Å². The smallest absolute Gasteiger partial charge is 0.220 e. The number of hydrogen-bond donors (Lipinski definition) is 1. The number of carbonyl (C=O) groups is 1. The van der Waals surface area contributed by atoms with Gasteiger partial charge in [0.05, 0.1) is 6.04 Å². The van der Waals surface area contributed by atoms with Gasteiger partial charge < -0.3 is 14.8 Å². The van der Waals surface area contributed by atoms with Gasteiger partial charge in [0.25, 0.3) is 0 Å². The van der Waals surface area contributed by atoms with Crippen molar-refractivity contribution in [2.45, 2.75) is 25.2 Å². The number of hydrogen-bond acceptors (Lipinski definition) is 3. The van der Waals surface area contributed by atoms with Crippen LogP contribution < -0.4 is 5.32 Å². The standard InChI is InChI=1S/C7H13NO3/c1-10-7(11-2)5-3-4-6(9)8-5/h5,7H,3-4H2,1-2H3,(H,8,9). The van der Waals surface area contributed by atoms with Crippen molar-refractivity contribution >= 4 is 5.91 Å². The van der Waals surface area contributed by atoms with E-state index in [1.54, 1.807) is 14.2 Å². The van der Waals surface area contributed by atoms with Crippen LogP contribution in [0, 0.1) is 0 Å². The highest BCUT2D eigenvalue weighted by molar-refractivity contribution is 5.78. The highest BCUT2D eigenvalue weighted by Gasteiger charge is 2.28. The zero-order chi connectivity index (χ0) is 8.27. The van der Waals surface area contributed by atoms with Gasteiger partial charge in [0, 0.05) is 20.6 Å². The Kier molecular flexibility index (Phi) is 2.84. The van der Waals surface area contributed by atoms with E-state index in [9.17, 15) is 4.79 Å². The molecule has 1 fully saturated rings. The summed E-state index contributed by atoms with van der Waals surface area (Å²) in [6, 6.07) is 0.0255. The molecule has 1 amide bonds. The molecule has 0 radical (unpaired) electrons. The molecular weight excluding hydrogens is 146 g/mol. The van der Waals surface area contributed by atoms with Crippen LogP contribution in [0.2, 0.25) is 0 Å². The van der Waals surface area contributed by atoms with Crippen molar-refractivity contribution in [2.24, 2.45) is 0 Å². The monoisotopic (exact) mass is 159 g/mol. The van der Waals surface area contributed by atoms with E-state index in [2.05, 4.69) is 5.32 Å². The highest BCUT2D eigenvalue weighted by atomic mass is 16.7. The van der Waals surface area contributed by atoms with Gasteiger partial charge in [-0.05, 0) is 6.42 Å². The van der Waals surface area contributed by atoms with Crippen molar-refractivity contribution in [3.63, 3.8) is 0 Å². The second-order valence-corrected chi connectivity index (χ2v) is 2.55. The molecule has 0 aromatic heterocycles. The minimum absolute atomic E-state index is 0.0255. The summed E-state index contributed by atoms with van der Waals surface area (Å²) in [6.45, 7) is 0. The van der Waals surface area contributed by atoms with Crippen molar-refractivity contribution in [1.82, 2.24) is 5.32 Å². The SMILES string of the molecule is COC(OC)C1CCC(=O)N1. The number of methoxy groups -OCH3 is 2. The minimum Gasteiger partial charge on any atom is -0.354 e. The van der Waals surface area contributed by atoms with Crippen LogP contribution >= 0.6 is 0 Å². The lowest BCUT2D eigenvalue weighted by Crippen LogP contribution is -2.38. The van der Waals surface area contributed by atoms with E-state index in [-0.39, 0.29) is 18.2 Å². The van der Waals surface area contributed by atoms with Gasteiger partial charge in [-0.2, -0.15) is 0 Å². The molecule has 0 spiro atoms. The van der Waals surface area contributed by atoms with Gasteiger partial charge in [0.1, 0.15) is 0 Å². The topological polar surface area (TPSA) is 47.6 Å². The van der Waals surface area contributed by atoms with Crippen molar-refractivity contribution in [2.75, 3.05) is 14.2 Å². The van der Waals surface area contributed by atoms with E-state index in [0.29, 0.717) is 6.42 Å².